The summed E-state index contributed by atoms with van der Waals surface area (Å²) in [5, 5.41) is 0. The van der Waals surface area contributed by atoms with E-state index in [9.17, 15) is 0 Å². The second-order valence-electron chi connectivity index (χ2n) is 1.76. The molecule has 0 aromatic rings. The van der Waals surface area contributed by atoms with Crippen molar-refractivity contribution < 1.29 is 0 Å². The quantitative estimate of drug-likeness (QED) is 0.343. The van der Waals surface area contributed by atoms with Crippen molar-refractivity contribution in [3.8, 4) is 0 Å². The van der Waals surface area contributed by atoms with Crippen molar-refractivity contribution in [2.24, 2.45) is 0 Å². The van der Waals surface area contributed by atoms with Crippen LogP contribution in [0, 0.1) is 0 Å². The van der Waals surface area contributed by atoms with Crippen molar-refractivity contribution in [3.63, 3.8) is 0 Å². The molecule has 0 bridgehead atoms. The molecular weight excluding hydrogens is 547 g/mol. The zero-order valence-corrected chi connectivity index (χ0v) is 14.0. The van der Waals surface area contributed by atoms with Crippen molar-refractivity contribution in [2.75, 3.05) is 0 Å². The van der Waals surface area contributed by atoms with Crippen molar-refractivity contribution in [1.82, 2.24) is 0 Å². The van der Waals surface area contributed by atoms with Gasteiger partial charge in [-0.1, -0.05) is 0 Å². The van der Waals surface area contributed by atoms with E-state index in [0.717, 1.165) is 0 Å². The maximum atomic E-state index is 2.60. The molecule has 0 aromatic carbocycles. The maximum absolute atomic E-state index is 2.60. The van der Waals surface area contributed by atoms with Crippen LogP contribution < -0.4 is 0 Å². The molecule has 0 saturated carbocycles. The Bertz CT molecular complexity index is 98.3. The molecule has 0 aromatic heterocycles. The van der Waals surface area contributed by atoms with E-state index in [0.29, 0.717) is 0 Å². The molecule has 0 heterocycles. The van der Waals surface area contributed by atoms with Gasteiger partial charge in [0.15, 0.2) is 0 Å². The average Bonchev–Trinajstić information content (AvgIpc) is 1.21. The van der Waals surface area contributed by atoms with Gasteiger partial charge in [0.05, 0.1) is 0 Å². The fraction of sp³-hybridized carbons (Fsp3) is 0.500. The number of hydrogen-bond donors (Lipinski definition) is 0. The molecule has 0 fully saturated rings. The number of allylic oxidation sites excluding steroid dienone is 1. The molecule has 0 unspecified atom stereocenters. The van der Waals surface area contributed by atoms with Crippen LogP contribution >= 0.6 is 55.9 Å². The van der Waals surface area contributed by atoms with Gasteiger partial charge in [-0.3, -0.25) is 0 Å². The zero-order chi connectivity index (χ0) is 6.78. The molecule has 0 saturated heterocycles. The van der Waals surface area contributed by atoms with E-state index in [-0.39, 0.29) is 0 Å². The summed E-state index contributed by atoms with van der Waals surface area (Å²) < 4.78 is 2.44. The Balaban J connectivity index is 3.89. The Morgan fingerprint density at radius 3 is 1.62 bits per heavy atom. The van der Waals surface area contributed by atoms with Crippen LogP contribution in [0.3, 0.4) is 0 Å². The third kappa shape index (κ3) is 8.73. The first-order valence-electron chi connectivity index (χ1n) is 2.14. The predicted molar refractivity (Wildman–Crippen MR) is 67.2 cm³/mol. The summed E-state index contributed by atoms with van der Waals surface area (Å²) in [5.41, 5.74) is 1.47. The predicted octanol–water partition coefficient (Wildman–Crippen LogP) is 3.74. The summed E-state index contributed by atoms with van der Waals surface area (Å²) in [5.74, 6) is 0. The minimum atomic E-state index is -1.61. The molecule has 0 atom stereocenters. The van der Waals surface area contributed by atoms with Gasteiger partial charge in [-0.25, -0.2) is 0 Å². The SMILES string of the molecule is CC(C)=[CH][Sn]([I])([I])[I]. The second kappa shape index (κ2) is 4.57. The molecule has 0 nitrogen and oxygen atoms in total. The van der Waals surface area contributed by atoms with E-state index in [1.807, 2.05) is 0 Å². The van der Waals surface area contributed by atoms with Crippen LogP contribution in [0.1, 0.15) is 13.8 Å². The molecule has 48 valence electrons. The van der Waals surface area contributed by atoms with E-state index in [1.165, 1.54) is 5.57 Å². The third-order valence-electron chi connectivity index (χ3n) is 0.452. The minimum absolute atomic E-state index is 1.47. The zero-order valence-electron chi connectivity index (χ0n) is 4.71. The van der Waals surface area contributed by atoms with Crippen molar-refractivity contribution in [3.05, 3.63) is 9.67 Å². The third-order valence-corrected chi connectivity index (χ3v) is 9.30. The Morgan fingerprint density at radius 1 is 1.25 bits per heavy atom. The van der Waals surface area contributed by atoms with Gasteiger partial charge >= 0.3 is 85.9 Å². The molecular formula is C4H7I3Sn. The van der Waals surface area contributed by atoms with Crippen LogP contribution in [-0.2, 0) is 0 Å². The van der Waals surface area contributed by atoms with E-state index in [2.05, 4.69) is 73.8 Å². The van der Waals surface area contributed by atoms with Crippen molar-refractivity contribution in [1.29, 1.82) is 0 Å². The monoisotopic (exact) mass is 556 g/mol. The molecule has 0 spiro atoms. The van der Waals surface area contributed by atoms with Crippen LogP contribution in [0.2, 0.25) is 0 Å². The van der Waals surface area contributed by atoms with E-state index < -0.39 is 6.47 Å². The molecule has 4 heteroatoms. The topological polar surface area (TPSA) is 0 Å². The molecule has 0 aliphatic rings. The first-order chi connectivity index (χ1) is 3.42. The molecule has 0 N–H and O–H groups in total. The van der Waals surface area contributed by atoms with Gasteiger partial charge in [0.25, 0.3) is 0 Å². The Kier molecular flexibility index (Phi) is 6.14. The average molecular weight is 555 g/mol. The summed E-state index contributed by atoms with van der Waals surface area (Å²) in [4.78, 5) is 0. The Hall–Kier alpha value is 2.73. The fourth-order valence-corrected chi connectivity index (χ4v) is 14.7. The first-order valence-corrected chi connectivity index (χ1v) is 28.7. The summed E-state index contributed by atoms with van der Waals surface area (Å²) in [6.07, 6.45) is 0. The Labute approximate surface area is 83.7 Å². The van der Waals surface area contributed by atoms with E-state index in [4.69, 9.17) is 0 Å². The molecule has 0 amide bonds. The van der Waals surface area contributed by atoms with Crippen molar-refractivity contribution >= 4 is 62.4 Å². The number of halogens is 3. The molecule has 0 aliphatic heterocycles. The van der Waals surface area contributed by atoms with Gasteiger partial charge in [-0.2, -0.15) is 0 Å². The molecule has 0 rings (SSSR count). The van der Waals surface area contributed by atoms with E-state index >= 15 is 0 Å². The standard InChI is InChI=1S/C4H7.3HI.Sn/c1-4(2)3;;;;/h1H,2-3H3;3*1H;/q;;;;+3/p-3. The van der Waals surface area contributed by atoms with Crippen LogP contribution in [-0.4, -0.2) is 6.47 Å². The number of rotatable bonds is 1. The van der Waals surface area contributed by atoms with Crippen molar-refractivity contribution in [2.45, 2.75) is 13.8 Å². The van der Waals surface area contributed by atoms with Gasteiger partial charge in [-0.05, 0) is 0 Å². The number of hydrogen-bond acceptors (Lipinski definition) is 0. The molecule has 0 radical (unpaired) electrons. The summed E-state index contributed by atoms with van der Waals surface area (Å²) >= 11 is 7.80. The van der Waals surface area contributed by atoms with Crippen LogP contribution in [0.25, 0.3) is 0 Å². The van der Waals surface area contributed by atoms with Gasteiger partial charge in [-0.15, -0.1) is 0 Å². The summed E-state index contributed by atoms with van der Waals surface area (Å²) in [6.45, 7) is 2.73. The second-order valence-corrected chi connectivity index (χ2v) is 81.5. The van der Waals surface area contributed by atoms with Gasteiger partial charge < -0.3 is 0 Å². The van der Waals surface area contributed by atoms with Gasteiger partial charge in [0.2, 0.25) is 0 Å². The van der Waals surface area contributed by atoms with Gasteiger partial charge in [0.1, 0.15) is 0 Å². The first kappa shape index (κ1) is 10.7. The summed E-state index contributed by atoms with van der Waals surface area (Å²) in [6, 6.07) is 0. The summed E-state index contributed by atoms with van der Waals surface area (Å²) in [7, 11) is 0. The Morgan fingerprint density at radius 2 is 1.62 bits per heavy atom. The van der Waals surface area contributed by atoms with Crippen LogP contribution in [0.5, 0.6) is 0 Å². The normalized spacial score (nSPS) is 11.1. The van der Waals surface area contributed by atoms with Crippen LogP contribution in [0.4, 0.5) is 0 Å². The van der Waals surface area contributed by atoms with E-state index in [1.54, 1.807) is 0 Å². The fourth-order valence-electron chi connectivity index (χ4n) is 0.327. The van der Waals surface area contributed by atoms with Gasteiger partial charge in [0, 0.05) is 0 Å². The van der Waals surface area contributed by atoms with Crippen LogP contribution in [0.15, 0.2) is 9.67 Å². The molecule has 0 aliphatic carbocycles. The molecule has 8 heavy (non-hydrogen) atoms.